The monoisotopic (exact) mass is 426 g/mol. The van der Waals surface area contributed by atoms with Gasteiger partial charge in [-0.05, 0) is 30.3 Å². The number of carbonyl (C=O) groups is 2. The summed E-state index contributed by atoms with van der Waals surface area (Å²) in [6.45, 7) is -0.0767. The number of fused-ring (bicyclic) bond motifs is 2. The van der Waals surface area contributed by atoms with Crippen LogP contribution in [0.1, 0.15) is 5.56 Å². The van der Waals surface area contributed by atoms with Crippen LogP contribution in [0.15, 0.2) is 61.1 Å². The molecule has 3 amide bonds. The highest BCUT2D eigenvalue weighted by Crippen LogP contribution is 2.32. The van der Waals surface area contributed by atoms with Crippen molar-refractivity contribution in [3.05, 3.63) is 66.6 Å². The van der Waals surface area contributed by atoms with Crippen LogP contribution in [0.5, 0.6) is 11.6 Å². The van der Waals surface area contributed by atoms with E-state index in [2.05, 4.69) is 27.5 Å². The van der Waals surface area contributed by atoms with E-state index in [4.69, 9.17) is 4.74 Å². The number of pyridine rings is 1. The molecule has 158 valence electrons. The SMILES string of the molecule is COc1ccc2cn(C[C@@]3(C#Cc4cccc5cnccc45)NC(=O)NC3=O)c(O)c2c1. The van der Waals surface area contributed by atoms with Gasteiger partial charge in [-0.1, -0.05) is 24.0 Å². The van der Waals surface area contributed by atoms with Crippen LogP contribution in [0, 0.1) is 11.8 Å². The van der Waals surface area contributed by atoms with Gasteiger partial charge in [0.15, 0.2) is 5.88 Å². The molecule has 4 aromatic rings. The maximum absolute atomic E-state index is 12.8. The fourth-order valence-electron chi connectivity index (χ4n) is 3.86. The largest absolute Gasteiger partial charge is 0.497 e. The van der Waals surface area contributed by atoms with Crippen LogP contribution < -0.4 is 15.4 Å². The number of methoxy groups -OCH3 is 1. The fraction of sp³-hybridized carbons (Fsp3) is 0.125. The lowest BCUT2D eigenvalue weighted by atomic mass is 9.99. The number of carbonyl (C=O) groups excluding carboxylic acids is 2. The lowest BCUT2D eigenvalue weighted by molar-refractivity contribution is -0.122. The van der Waals surface area contributed by atoms with Gasteiger partial charge < -0.3 is 19.7 Å². The number of rotatable bonds is 3. The van der Waals surface area contributed by atoms with Crippen molar-refractivity contribution in [1.82, 2.24) is 20.2 Å². The number of aromatic hydroxyl groups is 1. The van der Waals surface area contributed by atoms with Gasteiger partial charge in [0.25, 0.3) is 5.91 Å². The van der Waals surface area contributed by atoms with E-state index >= 15 is 0 Å². The lowest BCUT2D eigenvalue weighted by Crippen LogP contribution is -2.49. The molecule has 1 saturated heterocycles. The average molecular weight is 426 g/mol. The summed E-state index contributed by atoms with van der Waals surface area (Å²) >= 11 is 0. The first-order valence-corrected chi connectivity index (χ1v) is 9.84. The van der Waals surface area contributed by atoms with Crippen LogP contribution in [0.3, 0.4) is 0 Å². The Labute approximate surface area is 182 Å². The van der Waals surface area contributed by atoms with Crippen LogP contribution in [0.2, 0.25) is 0 Å². The third kappa shape index (κ3) is 3.17. The van der Waals surface area contributed by atoms with Crippen molar-refractivity contribution in [3.63, 3.8) is 0 Å². The molecule has 3 heterocycles. The van der Waals surface area contributed by atoms with Gasteiger partial charge in [0, 0.05) is 45.7 Å². The average Bonchev–Trinajstić information content (AvgIpc) is 3.26. The number of amides is 3. The van der Waals surface area contributed by atoms with Crippen LogP contribution in [0.25, 0.3) is 21.5 Å². The summed E-state index contributed by atoms with van der Waals surface area (Å²) in [7, 11) is 1.54. The summed E-state index contributed by atoms with van der Waals surface area (Å²) in [5.41, 5.74) is -0.854. The Morgan fingerprint density at radius 1 is 1.16 bits per heavy atom. The Morgan fingerprint density at radius 2 is 2.03 bits per heavy atom. The van der Waals surface area contributed by atoms with Crippen molar-refractivity contribution >= 4 is 33.5 Å². The number of hydrogen-bond acceptors (Lipinski definition) is 5. The van der Waals surface area contributed by atoms with Gasteiger partial charge in [-0.25, -0.2) is 4.79 Å². The molecule has 1 atom stereocenters. The maximum Gasteiger partial charge on any atom is 0.323 e. The van der Waals surface area contributed by atoms with E-state index < -0.39 is 17.5 Å². The molecule has 1 aliphatic heterocycles. The minimum absolute atomic E-state index is 0.0507. The number of benzene rings is 2. The molecule has 32 heavy (non-hydrogen) atoms. The molecule has 0 unspecified atom stereocenters. The molecular formula is C24H18N4O4. The molecule has 0 aliphatic carbocycles. The van der Waals surface area contributed by atoms with E-state index in [1.807, 2.05) is 24.3 Å². The summed E-state index contributed by atoms with van der Waals surface area (Å²) < 4.78 is 6.72. The molecule has 8 nitrogen and oxygen atoms in total. The zero-order valence-corrected chi connectivity index (χ0v) is 17.0. The molecule has 0 spiro atoms. The quantitative estimate of drug-likeness (QED) is 0.345. The van der Waals surface area contributed by atoms with Gasteiger partial charge >= 0.3 is 6.03 Å². The zero-order chi connectivity index (χ0) is 22.3. The van der Waals surface area contributed by atoms with E-state index in [1.165, 1.54) is 4.57 Å². The van der Waals surface area contributed by atoms with Crippen molar-refractivity contribution in [2.75, 3.05) is 7.11 Å². The van der Waals surface area contributed by atoms with E-state index in [9.17, 15) is 14.7 Å². The standard InChI is InChI=1S/C24H18N4O4/c1-32-18-6-5-17-13-28(21(29)20(17)11-18)14-24(22(30)26-23(31)27-24)9-7-15-3-2-4-16-12-25-10-8-19(15)16/h2-6,8,10-13,29H,14H2,1H3,(H2,26,27,30,31)/t24-/m1/s1. The van der Waals surface area contributed by atoms with Crippen molar-refractivity contribution < 1.29 is 19.4 Å². The molecular weight excluding hydrogens is 408 g/mol. The van der Waals surface area contributed by atoms with Gasteiger partial charge in [-0.3, -0.25) is 15.1 Å². The Hall–Kier alpha value is -4.51. The second-order valence-electron chi connectivity index (χ2n) is 7.50. The van der Waals surface area contributed by atoms with E-state index in [1.54, 1.807) is 43.9 Å². The minimum atomic E-state index is -1.55. The second kappa shape index (κ2) is 7.32. The highest BCUT2D eigenvalue weighted by atomic mass is 16.5. The molecule has 1 aliphatic rings. The number of hydrogen-bond donors (Lipinski definition) is 3. The first-order chi connectivity index (χ1) is 15.5. The number of aromatic nitrogens is 2. The molecule has 8 heteroatoms. The van der Waals surface area contributed by atoms with Crippen molar-refractivity contribution in [3.8, 4) is 23.5 Å². The predicted molar refractivity (Wildman–Crippen MR) is 118 cm³/mol. The normalized spacial score (nSPS) is 17.7. The van der Waals surface area contributed by atoms with Gasteiger partial charge in [-0.2, -0.15) is 0 Å². The van der Waals surface area contributed by atoms with E-state index in [0.717, 1.165) is 16.2 Å². The first kappa shape index (κ1) is 19.5. The van der Waals surface area contributed by atoms with Crippen LogP contribution in [0.4, 0.5) is 4.79 Å². The Bertz CT molecular complexity index is 1460. The minimum Gasteiger partial charge on any atom is -0.497 e. The number of nitrogens with zero attached hydrogens (tertiary/aromatic N) is 2. The number of ether oxygens (including phenoxy) is 1. The third-order valence-electron chi connectivity index (χ3n) is 5.51. The molecule has 5 rings (SSSR count). The van der Waals surface area contributed by atoms with Gasteiger partial charge in [0.2, 0.25) is 5.54 Å². The van der Waals surface area contributed by atoms with Crippen LogP contribution in [-0.2, 0) is 11.3 Å². The topological polar surface area (TPSA) is 105 Å². The zero-order valence-electron chi connectivity index (χ0n) is 17.0. The third-order valence-corrected chi connectivity index (χ3v) is 5.51. The number of urea groups is 1. The predicted octanol–water partition coefficient (Wildman–Crippen LogP) is 2.53. The highest BCUT2D eigenvalue weighted by molar-refractivity contribution is 6.09. The van der Waals surface area contributed by atoms with Gasteiger partial charge in [-0.15, -0.1) is 0 Å². The molecule has 3 N–H and O–H groups in total. The number of imide groups is 1. The lowest BCUT2D eigenvalue weighted by Gasteiger charge is -2.20. The summed E-state index contributed by atoms with van der Waals surface area (Å²) in [5.74, 6) is 5.97. The summed E-state index contributed by atoms with van der Waals surface area (Å²) in [6.07, 6.45) is 5.11. The fourth-order valence-corrected chi connectivity index (χ4v) is 3.86. The van der Waals surface area contributed by atoms with Gasteiger partial charge in [0.1, 0.15) is 5.75 Å². The van der Waals surface area contributed by atoms with Crippen molar-refractivity contribution in [1.29, 1.82) is 0 Å². The Kier molecular flexibility index (Phi) is 4.45. The smallest absolute Gasteiger partial charge is 0.323 e. The molecule has 0 saturated carbocycles. The molecule has 2 aromatic carbocycles. The maximum atomic E-state index is 12.8. The second-order valence-corrected chi connectivity index (χ2v) is 7.50. The summed E-state index contributed by atoms with van der Waals surface area (Å²) in [5, 5.41) is 18.8. The number of nitrogens with one attached hydrogen (secondary N) is 2. The van der Waals surface area contributed by atoms with Crippen LogP contribution >= 0.6 is 0 Å². The summed E-state index contributed by atoms with van der Waals surface area (Å²) in [4.78, 5) is 28.9. The molecule has 2 aromatic heterocycles. The summed E-state index contributed by atoms with van der Waals surface area (Å²) in [6, 6.07) is 12.1. The van der Waals surface area contributed by atoms with E-state index in [0.29, 0.717) is 16.7 Å². The van der Waals surface area contributed by atoms with Crippen molar-refractivity contribution in [2.45, 2.75) is 12.1 Å². The highest BCUT2D eigenvalue weighted by Gasteiger charge is 2.46. The Balaban J connectivity index is 1.60. The van der Waals surface area contributed by atoms with E-state index in [-0.39, 0.29) is 12.4 Å². The Morgan fingerprint density at radius 3 is 2.81 bits per heavy atom. The van der Waals surface area contributed by atoms with Gasteiger partial charge in [0.05, 0.1) is 13.7 Å². The molecule has 1 fully saturated rings. The van der Waals surface area contributed by atoms with Crippen molar-refractivity contribution in [2.24, 2.45) is 0 Å². The van der Waals surface area contributed by atoms with Crippen LogP contribution in [-0.4, -0.2) is 39.2 Å². The first-order valence-electron chi connectivity index (χ1n) is 9.84. The molecule has 0 bridgehead atoms. The molecule has 0 radical (unpaired) electrons.